The quantitative estimate of drug-likeness (QED) is 0.377. The highest BCUT2D eigenvalue weighted by Gasteiger charge is 2.16. The molecule has 164 valence electrons. The second-order valence-electron chi connectivity index (χ2n) is 8.24. The highest BCUT2D eigenvalue weighted by atomic mass is 16.3. The fourth-order valence-corrected chi connectivity index (χ4v) is 3.50. The normalized spacial score (nSPS) is 11.1. The highest BCUT2D eigenvalue weighted by molar-refractivity contribution is 6.03. The second-order valence-corrected chi connectivity index (χ2v) is 8.24. The molecule has 2 N–H and O–H groups in total. The van der Waals surface area contributed by atoms with E-state index in [2.05, 4.69) is 29.6 Å². The van der Waals surface area contributed by atoms with Crippen molar-refractivity contribution in [2.24, 2.45) is 5.92 Å². The van der Waals surface area contributed by atoms with Gasteiger partial charge in [0.25, 0.3) is 5.91 Å². The fourth-order valence-electron chi connectivity index (χ4n) is 3.50. The summed E-state index contributed by atoms with van der Waals surface area (Å²) >= 11 is 0. The van der Waals surface area contributed by atoms with Crippen molar-refractivity contribution in [1.29, 1.82) is 0 Å². The van der Waals surface area contributed by atoms with Crippen LogP contribution in [0.5, 0.6) is 0 Å². The van der Waals surface area contributed by atoms with Gasteiger partial charge in [-0.05, 0) is 41.3 Å². The first-order valence-electron chi connectivity index (χ1n) is 10.8. The zero-order chi connectivity index (χ0) is 22.3. The van der Waals surface area contributed by atoms with Gasteiger partial charge in [0.15, 0.2) is 5.69 Å². The summed E-state index contributed by atoms with van der Waals surface area (Å²) in [6, 6.07) is 21.7. The maximum absolute atomic E-state index is 12.9. The third kappa shape index (κ3) is 5.53. The predicted molar refractivity (Wildman–Crippen MR) is 126 cm³/mol. The molecule has 0 saturated heterocycles. The first-order chi connectivity index (χ1) is 15.6. The van der Waals surface area contributed by atoms with Crippen LogP contribution in [0.4, 0.5) is 5.69 Å². The minimum atomic E-state index is -0.212. The van der Waals surface area contributed by atoms with Gasteiger partial charge in [-0.2, -0.15) is 5.10 Å². The number of furan rings is 1. The first-order valence-corrected chi connectivity index (χ1v) is 10.8. The Morgan fingerprint density at radius 1 is 1.00 bits per heavy atom. The van der Waals surface area contributed by atoms with Gasteiger partial charge in [0.05, 0.1) is 18.2 Å². The van der Waals surface area contributed by atoms with Crippen LogP contribution >= 0.6 is 0 Å². The number of anilines is 1. The molecule has 6 nitrogen and oxygen atoms in total. The minimum absolute atomic E-state index is 0.212. The van der Waals surface area contributed by atoms with Crippen LogP contribution in [-0.4, -0.2) is 15.7 Å². The molecule has 2 heterocycles. The lowest BCUT2D eigenvalue weighted by atomic mass is 10.1. The molecule has 2 aromatic heterocycles. The van der Waals surface area contributed by atoms with Crippen molar-refractivity contribution in [2.75, 3.05) is 5.32 Å². The van der Waals surface area contributed by atoms with Crippen molar-refractivity contribution in [1.82, 2.24) is 15.1 Å². The topological polar surface area (TPSA) is 72.1 Å². The Bertz CT molecular complexity index is 1130. The molecule has 0 bridgehead atoms. The van der Waals surface area contributed by atoms with Crippen molar-refractivity contribution in [3.63, 3.8) is 0 Å². The van der Waals surface area contributed by atoms with Gasteiger partial charge >= 0.3 is 0 Å². The SMILES string of the molecule is CC(C)Cn1nc(C(=O)Nc2ccc(CNCc3ccoc3)cc2)cc1-c1ccccc1. The van der Waals surface area contributed by atoms with Gasteiger partial charge in [-0.25, -0.2) is 0 Å². The number of hydrogen-bond donors (Lipinski definition) is 2. The van der Waals surface area contributed by atoms with Crippen molar-refractivity contribution in [3.8, 4) is 11.3 Å². The number of nitrogens with one attached hydrogen (secondary N) is 2. The molecular weight excluding hydrogens is 400 g/mol. The van der Waals surface area contributed by atoms with Gasteiger partial charge in [0.1, 0.15) is 0 Å². The summed E-state index contributed by atoms with van der Waals surface area (Å²) < 4.78 is 6.99. The summed E-state index contributed by atoms with van der Waals surface area (Å²) in [6.45, 7) is 6.51. The van der Waals surface area contributed by atoms with E-state index in [1.54, 1.807) is 12.5 Å². The second kappa shape index (κ2) is 10.1. The fraction of sp³-hybridized carbons (Fsp3) is 0.231. The zero-order valence-corrected chi connectivity index (χ0v) is 18.4. The van der Waals surface area contributed by atoms with Crippen LogP contribution in [0.1, 0.15) is 35.5 Å². The number of carbonyl (C=O) groups excluding carboxylic acids is 1. The molecule has 6 heteroatoms. The summed E-state index contributed by atoms with van der Waals surface area (Å²) in [7, 11) is 0. The zero-order valence-electron chi connectivity index (χ0n) is 18.4. The average molecular weight is 429 g/mol. The summed E-state index contributed by atoms with van der Waals surface area (Å²) in [4.78, 5) is 12.9. The molecule has 2 aromatic carbocycles. The molecule has 0 fully saturated rings. The van der Waals surface area contributed by atoms with Gasteiger partial charge < -0.3 is 15.1 Å². The van der Waals surface area contributed by atoms with E-state index in [9.17, 15) is 4.79 Å². The van der Waals surface area contributed by atoms with Crippen LogP contribution < -0.4 is 10.6 Å². The van der Waals surface area contributed by atoms with Crippen LogP contribution in [0.3, 0.4) is 0 Å². The molecule has 0 radical (unpaired) electrons. The van der Waals surface area contributed by atoms with Gasteiger partial charge in [-0.3, -0.25) is 9.48 Å². The number of aromatic nitrogens is 2. The maximum Gasteiger partial charge on any atom is 0.276 e. The van der Waals surface area contributed by atoms with E-state index in [1.807, 2.05) is 71.4 Å². The van der Waals surface area contributed by atoms with Gasteiger partial charge in [0.2, 0.25) is 0 Å². The van der Waals surface area contributed by atoms with E-state index >= 15 is 0 Å². The molecule has 4 rings (SSSR count). The Labute approximate surface area is 188 Å². The monoisotopic (exact) mass is 428 g/mol. The standard InChI is InChI=1S/C26H28N4O2/c1-19(2)17-30-25(22-6-4-3-5-7-22)14-24(29-30)26(31)28-23-10-8-20(9-11-23)15-27-16-21-12-13-32-18-21/h3-14,18-19,27H,15-17H2,1-2H3,(H,28,31). The summed E-state index contributed by atoms with van der Waals surface area (Å²) in [5, 5.41) is 10.9. The van der Waals surface area contributed by atoms with E-state index in [1.165, 1.54) is 0 Å². The summed E-state index contributed by atoms with van der Waals surface area (Å²) in [6.07, 6.45) is 3.40. The van der Waals surface area contributed by atoms with Crippen LogP contribution in [0.15, 0.2) is 83.7 Å². The third-order valence-electron chi connectivity index (χ3n) is 5.07. The smallest absolute Gasteiger partial charge is 0.276 e. The Morgan fingerprint density at radius 3 is 2.44 bits per heavy atom. The Morgan fingerprint density at radius 2 is 1.75 bits per heavy atom. The van der Waals surface area contributed by atoms with Crippen LogP contribution in [0.2, 0.25) is 0 Å². The summed E-state index contributed by atoms with van der Waals surface area (Å²) in [5.41, 5.74) is 5.40. The Hall–Kier alpha value is -3.64. The average Bonchev–Trinajstić information content (AvgIpc) is 3.45. The maximum atomic E-state index is 12.9. The van der Waals surface area contributed by atoms with Crippen molar-refractivity contribution in [2.45, 2.75) is 33.5 Å². The summed E-state index contributed by atoms with van der Waals surface area (Å²) in [5.74, 6) is 0.207. The number of benzene rings is 2. The van der Waals surface area contributed by atoms with Gasteiger partial charge in [0, 0.05) is 30.9 Å². The molecule has 0 aliphatic heterocycles. The number of amides is 1. The molecular formula is C26H28N4O2. The molecule has 0 spiro atoms. The lowest BCUT2D eigenvalue weighted by Gasteiger charge is -2.09. The Balaban J connectivity index is 1.41. The first kappa shape index (κ1) is 21.6. The van der Waals surface area contributed by atoms with E-state index in [0.717, 1.165) is 47.7 Å². The number of nitrogens with zero attached hydrogens (tertiary/aromatic N) is 2. The molecule has 1 amide bonds. The number of rotatable bonds is 9. The van der Waals surface area contributed by atoms with Crippen molar-refractivity contribution >= 4 is 11.6 Å². The van der Waals surface area contributed by atoms with E-state index in [0.29, 0.717) is 11.6 Å². The molecule has 4 aromatic rings. The van der Waals surface area contributed by atoms with E-state index in [-0.39, 0.29) is 5.91 Å². The lowest BCUT2D eigenvalue weighted by Crippen LogP contribution is -2.15. The molecule has 0 atom stereocenters. The minimum Gasteiger partial charge on any atom is -0.472 e. The largest absolute Gasteiger partial charge is 0.472 e. The van der Waals surface area contributed by atoms with Crippen LogP contribution in [-0.2, 0) is 19.6 Å². The predicted octanol–water partition coefficient (Wildman–Crippen LogP) is 5.34. The van der Waals surface area contributed by atoms with Crippen LogP contribution in [0, 0.1) is 5.92 Å². The number of hydrogen-bond acceptors (Lipinski definition) is 4. The highest BCUT2D eigenvalue weighted by Crippen LogP contribution is 2.22. The van der Waals surface area contributed by atoms with Crippen molar-refractivity contribution in [3.05, 3.63) is 96.1 Å². The molecule has 0 saturated carbocycles. The van der Waals surface area contributed by atoms with Gasteiger partial charge in [-0.1, -0.05) is 56.3 Å². The number of carbonyl (C=O) groups is 1. The molecule has 32 heavy (non-hydrogen) atoms. The molecule has 0 unspecified atom stereocenters. The lowest BCUT2D eigenvalue weighted by molar-refractivity contribution is 0.102. The third-order valence-corrected chi connectivity index (χ3v) is 5.07. The molecule has 0 aliphatic rings. The van der Waals surface area contributed by atoms with E-state index < -0.39 is 0 Å². The van der Waals surface area contributed by atoms with Gasteiger partial charge in [-0.15, -0.1) is 0 Å². The van der Waals surface area contributed by atoms with E-state index in [4.69, 9.17) is 4.42 Å². The molecule has 0 aliphatic carbocycles. The van der Waals surface area contributed by atoms with Crippen molar-refractivity contribution < 1.29 is 9.21 Å². The Kier molecular flexibility index (Phi) is 6.82. The van der Waals surface area contributed by atoms with Crippen LogP contribution in [0.25, 0.3) is 11.3 Å².